The predicted molar refractivity (Wildman–Crippen MR) is 91.5 cm³/mol. The molecule has 0 aromatic carbocycles. The molecule has 2 aliphatic rings. The Morgan fingerprint density at radius 1 is 1.22 bits per heavy atom. The minimum atomic E-state index is -0.0783. The van der Waals surface area contributed by atoms with E-state index in [-0.39, 0.29) is 11.6 Å². The number of nitrogens with zero attached hydrogens (tertiary/aromatic N) is 4. The SMILES string of the molecule is CC(C)(C)n1cc(NC(=O)N2CCC(N3CC=CC3)CC2)cn1. The molecule has 1 aromatic heterocycles. The summed E-state index contributed by atoms with van der Waals surface area (Å²) < 4.78 is 1.87. The van der Waals surface area contributed by atoms with E-state index in [0.717, 1.165) is 44.7 Å². The first-order valence-electron chi connectivity index (χ1n) is 8.43. The Bertz CT molecular complexity index is 570. The van der Waals surface area contributed by atoms with Crippen LogP contribution >= 0.6 is 0 Å². The van der Waals surface area contributed by atoms with E-state index in [0.29, 0.717) is 6.04 Å². The third-order valence-electron chi connectivity index (χ3n) is 4.64. The molecule has 1 N–H and O–H groups in total. The number of piperidine rings is 1. The number of amides is 2. The summed E-state index contributed by atoms with van der Waals surface area (Å²) in [4.78, 5) is 16.8. The summed E-state index contributed by atoms with van der Waals surface area (Å²) in [7, 11) is 0. The number of hydrogen-bond acceptors (Lipinski definition) is 3. The van der Waals surface area contributed by atoms with Gasteiger partial charge in [-0.05, 0) is 33.6 Å². The molecule has 23 heavy (non-hydrogen) atoms. The maximum Gasteiger partial charge on any atom is 0.321 e. The second-order valence-corrected chi connectivity index (χ2v) is 7.42. The molecule has 3 rings (SSSR count). The average Bonchev–Trinajstić information content (AvgIpc) is 3.18. The highest BCUT2D eigenvalue weighted by atomic mass is 16.2. The molecule has 1 saturated heterocycles. The minimum absolute atomic E-state index is 0.0172. The zero-order valence-corrected chi connectivity index (χ0v) is 14.3. The van der Waals surface area contributed by atoms with Gasteiger partial charge in [-0.15, -0.1) is 0 Å². The molecule has 1 fully saturated rings. The maximum atomic E-state index is 12.4. The Morgan fingerprint density at radius 2 is 1.87 bits per heavy atom. The van der Waals surface area contributed by atoms with E-state index in [1.165, 1.54) is 0 Å². The third kappa shape index (κ3) is 3.75. The monoisotopic (exact) mass is 317 g/mol. The van der Waals surface area contributed by atoms with Crippen LogP contribution in [0.15, 0.2) is 24.5 Å². The number of nitrogens with one attached hydrogen (secondary N) is 1. The number of aromatic nitrogens is 2. The third-order valence-corrected chi connectivity index (χ3v) is 4.64. The van der Waals surface area contributed by atoms with Gasteiger partial charge in [0.1, 0.15) is 0 Å². The average molecular weight is 317 g/mol. The van der Waals surface area contributed by atoms with Gasteiger partial charge in [-0.1, -0.05) is 12.2 Å². The van der Waals surface area contributed by atoms with E-state index in [1.54, 1.807) is 6.20 Å². The van der Waals surface area contributed by atoms with Gasteiger partial charge in [-0.2, -0.15) is 5.10 Å². The zero-order valence-electron chi connectivity index (χ0n) is 14.3. The summed E-state index contributed by atoms with van der Waals surface area (Å²) >= 11 is 0. The fraction of sp³-hybridized carbons (Fsp3) is 0.647. The molecule has 0 unspecified atom stereocenters. The van der Waals surface area contributed by atoms with Gasteiger partial charge in [0, 0.05) is 38.4 Å². The van der Waals surface area contributed by atoms with Crippen LogP contribution < -0.4 is 5.32 Å². The molecule has 3 heterocycles. The van der Waals surface area contributed by atoms with E-state index < -0.39 is 0 Å². The number of carbonyl (C=O) groups excluding carboxylic acids is 1. The predicted octanol–water partition coefficient (Wildman–Crippen LogP) is 2.51. The highest BCUT2D eigenvalue weighted by molar-refractivity contribution is 5.89. The quantitative estimate of drug-likeness (QED) is 0.853. The van der Waals surface area contributed by atoms with Crippen molar-refractivity contribution in [3.63, 3.8) is 0 Å². The van der Waals surface area contributed by atoms with Crippen molar-refractivity contribution in [2.45, 2.75) is 45.2 Å². The van der Waals surface area contributed by atoms with Crippen LogP contribution in [0.1, 0.15) is 33.6 Å². The number of anilines is 1. The van der Waals surface area contributed by atoms with Crippen molar-refractivity contribution < 1.29 is 4.79 Å². The fourth-order valence-corrected chi connectivity index (χ4v) is 3.18. The van der Waals surface area contributed by atoms with E-state index in [1.807, 2.05) is 15.8 Å². The lowest BCUT2D eigenvalue weighted by atomic mass is 10.0. The van der Waals surface area contributed by atoms with Gasteiger partial charge in [0.2, 0.25) is 0 Å². The Balaban J connectivity index is 1.50. The first-order chi connectivity index (χ1) is 10.9. The van der Waals surface area contributed by atoms with E-state index in [2.05, 4.69) is 48.2 Å². The summed E-state index contributed by atoms with van der Waals surface area (Å²) in [6.45, 7) is 10.0. The molecule has 2 aliphatic heterocycles. The van der Waals surface area contributed by atoms with Crippen LogP contribution in [0.4, 0.5) is 10.5 Å². The lowest BCUT2D eigenvalue weighted by Crippen LogP contribution is -2.47. The summed E-state index contributed by atoms with van der Waals surface area (Å²) in [5.74, 6) is 0. The number of hydrogen-bond donors (Lipinski definition) is 1. The summed E-state index contributed by atoms with van der Waals surface area (Å²) in [6, 6.07) is 0.592. The van der Waals surface area contributed by atoms with E-state index in [4.69, 9.17) is 0 Å². The van der Waals surface area contributed by atoms with Gasteiger partial charge < -0.3 is 10.2 Å². The number of likely N-dealkylation sites (tertiary alicyclic amines) is 1. The van der Waals surface area contributed by atoms with Gasteiger partial charge in [0.25, 0.3) is 0 Å². The van der Waals surface area contributed by atoms with Crippen molar-refractivity contribution >= 4 is 11.7 Å². The fourth-order valence-electron chi connectivity index (χ4n) is 3.18. The molecule has 0 aliphatic carbocycles. The lowest BCUT2D eigenvalue weighted by Gasteiger charge is -2.36. The molecule has 6 nitrogen and oxygen atoms in total. The molecular weight excluding hydrogens is 290 g/mol. The first kappa shape index (κ1) is 16.1. The number of urea groups is 1. The first-order valence-corrected chi connectivity index (χ1v) is 8.43. The van der Waals surface area contributed by atoms with Crippen LogP contribution in [-0.2, 0) is 5.54 Å². The van der Waals surface area contributed by atoms with Crippen molar-refractivity contribution in [3.8, 4) is 0 Å². The van der Waals surface area contributed by atoms with Crippen molar-refractivity contribution in [2.24, 2.45) is 0 Å². The Hall–Kier alpha value is -1.82. The molecule has 1 aromatic rings. The minimum Gasteiger partial charge on any atom is -0.324 e. The maximum absolute atomic E-state index is 12.4. The Labute approximate surface area is 138 Å². The summed E-state index contributed by atoms with van der Waals surface area (Å²) in [5.41, 5.74) is 0.682. The van der Waals surface area contributed by atoms with Crippen LogP contribution in [-0.4, -0.2) is 57.8 Å². The van der Waals surface area contributed by atoms with Gasteiger partial charge in [-0.3, -0.25) is 9.58 Å². The highest BCUT2D eigenvalue weighted by Gasteiger charge is 2.27. The molecule has 0 atom stereocenters. The van der Waals surface area contributed by atoms with Crippen molar-refractivity contribution in [1.29, 1.82) is 0 Å². The van der Waals surface area contributed by atoms with Crippen molar-refractivity contribution in [1.82, 2.24) is 19.6 Å². The highest BCUT2D eigenvalue weighted by Crippen LogP contribution is 2.20. The Morgan fingerprint density at radius 3 is 2.43 bits per heavy atom. The Kier molecular flexibility index (Phi) is 4.43. The smallest absolute Gasteiger partial charge is 0.321 e. The van der Waals surface area contributed by atoms with Crippen LogP contribution in [0, 0.1) is 0 Å². The molecule has 0 bridgehead atoms. The zero-order chi connectivity index (χ0) is 16.4. The van der Waals surface area contributed by atoms with Crippen LogP contribution in [0.2, 0.25) is 0 Å². The van der Waals surface area contributed by atoms with E-state index in [9.17, 15) is 4.79 Å². The van der Waals surface area contributed by atoms with Gasteiger partial charge in [0.05, 0.1) is 17.4 Å². The van der Waals surface area contributed by atoms with Gasteiger partial charge >= 0.3 is 6.03 Å². The van der Waals surface area contributed by atoms with Crippen LogP contribution in [0.3, 0.4) is 0 Å². The molecule has 126 valence electrons. The van der Waals surface area contributed by atoms with Gasteiger partial charge in [-0.25, -0.2) is 4.79 Å². The topological polar surface area (TPSA) is 53.4 Å². The molecular formula is C17H27N5O. The van der Waals surface area contributed by atoms with Crippen LogP contribution in [0.25, 0.3) is 0 Å². The number of carbonyl (C=O) groups is 1. The summed E-state index contributed by atoms with van der Waals surface area (Å²) in [6.07, 6.45) is 10.2. The summed E-state index contributed by atoms with van der Waals surface area (Å²) in [5, 5.41) is 7.29. The standard InChI is InChI=1S/C17H27N5O/c1-17(2,3)22-13-14(12-18-22)19-16(23)21-10-6-15(7-11-21)20-8-4-5-9-20/h4-5,12-13,15H,6-11H2,1-3H3,(H,19,23). The molecule has 0 spiro atoms. The molecule has 0 radical (unpaired) electrons. The second kappa shape index (κ2) is 6.35. The normalized spacial score (nSPS) is 20.2. The van der Waals surface area contributed by atoms with Gasteiger partial charge in [0.15, 0.2) is 0 Å². The van der Waals surface area contributed by atoms with Crippen LogP contribution in [0.5, 0.6) is 0 Å². The molecule has 0 saturated carbocycles. The molecule has 2 amide bonds. The largest absolute Gasteiger partial charge is 0.324 e. The van der Waals surface area contributed by atoms with E-state index >= 15 is 0 Å². The second-order valence-electron chi connectivity index (χ2n) is 7.42. The lowest BCUT2D eigenvalue weighted by molar-refractivity contribution is 0.144. The molecule has 6 heteroatoms. The van der Waals surface area contributed by atoms with Crippen molar-refractivity contribution in [3.05, 3.63) is 24.5 Å². The number of rotatable bonds is 2. The van der Waals surface area contributed by atoms with Crippen molar-refractivity contribution in [2.75, 3.05) is 31.5 Å².